The van der Waals surface area contributed by atoms with Crippen molar-refractivity contribution in [2.45, 2.75) is 6.92 Å². The van der Waals surface area contributed by atoms with Crippen molar-refractivity contribution < 1.29 is 9.53 Å². The number of halogens is 1. The first kappa shape index (κ1) is 14.0. The Hall–Kier alpha value is -2.07. The van der Waals surface area contributed by atoms with Gasteiger partial charge in [-0.3, -0.25) is 10.3 Å². The van der Waals surface area contributed by atoms with Gasteiger partial charge in [0.25, 0.3) is 0 Å². The summed E-state index contributed by atoms with van der Waals surface area (Å²) in [7, 11) is 0. The lowest BCUT2D eigenvalue weighted by atomic mass is 10.3. The van der Waals surface area contributed by atoms with Crippen LogP contribution in [0.2, 0.25) is 0 Å². The highest BCUT2D eigenvalue weighted by Gasteiger charge is 2.04. The van der Waals surface area contributed by atoms with Crippen LogP contribution in [0.4, 0.5) is 10.5 Å². The van der Waals surface area contributed by atoms with Crippen LogP contribution in [0.1, 0.15) is 5.56 Å². The molecular weight excluding hydrogens is 252 g/mol. The van der Waals surface area contributed by atoms with Gasteiger partial charge in [0.1, 0.15) is 5.75 Å². The lowest BCUT2D eigenvalue weighted by Crippen LogP contribution is -2.16. The molecule has 18 heavy (non-hydrogen) atoms. The fraction of sp³-hybridized carbons (Fsp3) is 0.0769. The van der Waals surface area contributed by atoms with Gasteiger partial charge in [-0.25, -0.2) is 4.79 Å². The predicted molar refractivity (Wildman–Crippen MR) is 72.3 cm³/mol. The van der Waals surface area contributed by atoms with E-state index in [-0.39, 0.29) is 12.4 Å². The van der Waals surface area contributed by atoms with Crippen LogP contribution in [0.5, 0.6) is 5.75 Å². The molecule has 4 nitrogen and oxygen atoms in total. The molecule has 0 radical (unpaired) electrons. The summed E-state index contributed by atoms with van der Waals surface area (Å²) in [6, 6.07) is 10.7. The molecule has 0 atom stereocenters. The molecule has 5 heteroatoms. The number of rotatable bonds is 2. The number of nitrogens with zero attached hydrogens (tertiary/aromatic N) is 1. The van der Waals surface area contributed by atoms with Gasteiger partial charge in [-0.1, -0.05) is 18.2 Å². The molecule has 0 saturated carbocycles. The number of hydrogen-bond acceptors (Lipinski definition) is 3. The lowest BCUT2D eigenvalue weighted by molar-refractivity contribution is 0.215. The number of amides is 1. The molecule has 1 aromatic carbocycles. The van der Waals surface area contributed by atoms with Gasteiger partial charge in [0.2, 0.25) is 0 Å². The number of para-hydroxylation sites is 1. The zero-order valence-electron chi connectivity index (χ0n) is 9.79. The number of hydrogen-bond donors (Lipinski definition) is 1. The normalized spacial score (nSPS) is 9.17. The van der Waals surface area contributed by atoms with Crippen LogP contribution in [0, 0.1) is 6.92 Å². The summed E-state index contributed by atoms with van der Waals surface area (Å²) < 4.78 is 5.08. The van der Waals surface area contributed by atoms with Gasteiger partial charge >= 0.3 is 6.09 Å². The summed E-state index contributed by atoms with van der Waals surface area (Å²) in [5.41, 5.74) is 1.59. The molecule has 2 rings (SSSR count). The summed E-state index contributed by atoms with van der Waals surface area (Å²) in [5, 5.41) is 2.61. The van der Waals surface area contributed by atoms with Crippen molar-refractivity contribution >= 4 is 24.2 Å². The van der Waals surface area contributed by atoms with Crippen molar-refractivity contribution in [1.82, 2.24) is 4.98 Å². The zero-order valence-corrected chi connectivity index (χ0v) is 10.6. The van der Waals surface area contributed by atoms with Crippen molar-refractivity contribution in [1.29, 1.82) is 0 Å². The SMILES string of the molecule is Cc1cncc(NC(=O)Oc2ccccc2)c1.Cl. The van der Waals surface area contributed by atoms with Crippen molar-refractivity contribution in [2.24, 2.45) is 0 Å². The maximum atomic E-state index is 11.5. The fourth-order valence-electron chi connectivity index (χ4n) is 1.36. The van der Waals surface area contributed by atoms with Crippen LogP contribution < -0.4 is 10.1 Å². The van der Waals surface area contributed by atoms with Crippen LogP contribution in [0.15, 0.2) is 48.8 Å². The summed E-state index contributed by atoms with van der Waals surface area (Å²) >= 11 is 0. The Bertz CT molecular complexity index is 517. The third kappa shape index (κ3) is 4.07. The van der Waals surface area contributed by atoms with E-state index in [1.165, 1.54) is 0 Å². The molecule has 0 fully saturated rings. The first-order valence-electron chi connectivity index (χ1n) is 5.19. The molecule has 0 unspecified atom stereocenters. The molecule has 1 heterocycles. The average Bonchev–Trinajstić information content (AvgIpc) is 2.30. The van der Waals surface area contributed by atoms with Gasteiger partial charge in [-0.15, -0.1) is 12.4 Å². The molecule has 2 aromatic rings. The summed E-state index contributed by atoms with van der Waals surface area (Å²) in [6.45, 7) is 1.90. The van der Waals surface area contributed by atoms with Crippen LogP contribution >= 0.6 is 12.4 Å². The molecule has 1 amide bonds. The largest absolute Gasteiger partial charge is 0.417 e. The highest BCUT2D eigenvalue weighted by molar-refractivity contribution is 5.86. The van der Waals surface area contributed by atoms with Gasteiger partial charge in [-0.05, 0) is 30.7 Å². The predicted octanol–water partition coefficient (Wildman–Crippen LogP) is 3.42. The van der Waals surface area contributed by atoms with Crippen molar-refractivity contribution in [3.8, 4) is 5.75 Å². The molecular formula is C13H13ClN2O2. The van der Waals surface area contributed by atoms with E-state index < -0.39 is 6.09 Å². The minimum atomic E-state index is -0.524. The Morgan fingerprint density at radius 1 is 1.22 bits per heavy atom. The van der Waals surface area contributed by atoms with E-state index in [1.54, 1.807) is 36.7 Å². The number of pyridine rings is 1. The monoisotopic (exact) mass is 264 g/mol. The molecule has 1 aromatic heterocycles. The minimum absolute atomic E-state index is 0. The molecule has 0 aliphatic rings. The number of carbonyl (C=O) groups excluding carboxylic acids is 1. The maximum absolute atomic E-state index is 11.5. The third-order valence-corrected chi connectivity index (χ3v) is 2.08. The Morgan fingerprint density at radius 2 is 1.94 bits per heavy atom. The first-order valence-corrected chi connectivity index (χ1v) is 5.19. The molecule has 0 spiro atoms. The van der Waals surface area contributed by atoms with Crippen molar-refractivity contribution in [3.63, 3.8) is 0 Å². The number of benzene rings is 1. The number of anilines is 1. The fourth-order valence-corrected chi connectivity index (χ4v) is 1.36. The van der Waals surface area contributed by atoms with E-state index in [0.717, 1.165) is 5.56 Å². The highest BCUT2D eigenvalue weighted by Crippen LogP contribution is 2.11. The number of ether oxygens (including phenoxy) is 1. The van der Waals surface area contributed by atoms with E-state index in [2.05, 4.69) is 10.3 Å². The second-order valence-corrected chi connectivity index (χ2v) is 3.58. The van der Waals surface area contributed by atoms with Crippen LogP contribution in [-0.4, -0.2) is 11.1 Å². The Balaban J connectivity index is 0.00000162. The Kier molecular flexibility index (Phi) is 5.14. The topological polar surface area (TPSA) is 51.2 Å². The second kappa shape index (κ2) is 6.61. The first-order chi connectivity index (χ1) is 8.24. The maximum Gasteiger partial charge on any atom is 0.417 e. The molecule has 0 aliphatic heterocycles. The molecule has 94 valence electrons. The van der Waals surface area contributed by atoms with Crippen LogP contribution in [-0.2, 0) is 0 Å². The van der Waals surface area contributed by atoms with E-state index in [0.29, 0.717) is 11.4 Å². The number of nitrogens with one attached hydrogen (secondary N) is 1. The summed E-state index contributed by atoms with van der Waals surface area (Å²) in [4.78, 5) is 15.5. The number of aryl methyl sites for hydroxylation is 1. The van der Waals surface area contributed by atoms with Crippen LogP contribution in [0.25, 0.3) is 0 Å². The zero-order chi connectivity index (χ0) is 12.1. The quantitative estimate of drug-likeness (QED) is 0.904. The lowest BCUT2D eigenvalue weighted by Gasteiger charge is -2.06. The van der Waals surface area contributed by atoms with Gasteiger partial charge in [0, 0.05) is 6.20 Å². The molecule has 1 N–H and O–H groups in total. The van der Waals surface area contributed by atoms with Gasteiger partial charge in [0.15, 0.2) is 0 Å². The van der Waals surface area contributed by atoms with E-state index >= 15 is 0 Å². The molecule has 0 saturated heterocycles. The summed E-state index contributed by atoms with van der Waals surface area (Å²) in [6.07, 6.45) is 2.76. The van der Waals surface area contributed by atoms with Crippen molar-refractivity contribution in [2.75, 3.05) is 5.32 Å². The van der Waals surface area contributed by atoms with Gasteiger partial charge in [0.05, 0.1) is 11.9 Å². The molecule has 0 aliphatic carbocycles. The van der Waals surface area contributed by atoms with E-state index in [9.17, 15) is 4.79 Å². The van der Waals surface area contributed by atoms with E-state index in [4.69, 9.17) is 4.74 Å². The standard InChI is InChI=1S/C13H12N2O2.ClH/c1-10-7-11(9-14-8-10)15-13(16)17-12-5-3-2-4-6-12;/h2-9H,1H3,(H,15,16);1H. The van der Waals surface area contributed by atoms with Crippen molar-refractivity contribution in [3.05, 3.63) is 54.4 Å². The number of aromatic nitrogens is 1. The summed E-state index contributed by atoms with van der Waals surface area (Å²) in [5.74, 6) is 0.505. The Morgan fingerprint density at radius 3 is 2.61 bits per heavy atom. The Labute approximate surface area is 111 Å². The van der Waals surface area contributed by atoms with Gasteiger partial charge < -0.3 is 4.74 Å². The second-order valence-electron chi connectivity index (χ2n) is 3.58. The van der Waals surface area contributed by atoms with Crippen LogP contribution in [0.3, 0.4) is 0 Å². The van der Waals surface area contributed by atoms with Gasteiger partial charge in [-0.2, -0.15) is 0 Å². The minimum Gasteiger partial charge on any atom is -0.410 e. The van der Waals surface area contributed by atoms with E-state index in [1.807, 2.05) is 19.1 Å². The number of carbonyl (C=O) groups is 1. The third-order valence-electron chi connectivity index (χ3n) is 2.08. The smallest absolute Gasteiger partial charge is 0.410 e. The highest BCUT2D eigenvalue weighted by atomic mass is 35.5. The average molecular weight is 265 g/mol. The molecule has 0 bridgehead atoms.